The number of primary sulfonamides is 1. The van der Waals surface area contributed by atoms with E-state index in [0.717, 1.165) is 12.6 Å². The molecule has 1 fully saturated rings. The van der Waals surface area contributed by atoms with Crippen molar-refractivity contribution in [1.82, 2.24) is 5.32 Å². The summed E-state index contributed by atoms with van der Waals surface area (Å²) < 4.78 is 36.4. The molecule has 1 saturated heterocycles. The molecule has 2 rings (SSSR count). The van der Waals surface area contributed by atoms with E-state index >= 15 is 0 Å². The lowest BCUT2D eigenvalue weighted by Gasteiger charge is -2.40. The summed E-state index contributed by atoms with van der Waals surface area (Å²) in [6.45, 7) is 6.16. The number of sulfonamides is 1. The van der Waals surface area contributed by atoms with Crippen LogP contribution >= 0.6 is 0 Å². The van der Waals surface area contributed by atoms with Gasteiger partial charge >= 0.3 is 0 Å². The highest BCUT2D eigenvalue weighted by molar-refractivity contribution is 7.89. The average Bonchev–Trinajstić information content (AvgIpc) is 2.26. The molecule has 0 bridgehead atoms. The van der Waals surface area contributed by atoms with Gasteiger partial charge in [0.1, 0.15) is 5.82 Å². The summed E-state index contributed by atoms with van der Waals surface area (Å²) >= 11 is 0. The van der Waals surface area contributed by atoms with Gasteiger partial charge in [0, 0.05) is 25.2 Å². The molecule has 1 heterocycles. The van der Waals surface area contributed by atoms with Crippen LogP contribution in [0.1, 0.15) is 13.8 Å². The largest absolute Gasteiger partial charge is 0.366 e. The number of rotatable bonds is 2. The summed E-state index contributed by atoms with van der Waals surface area (Å²) in [5, 5.41) is 8.31. The Morgan fingerprint density at radius 1 is 1.42 bits per heavy atom. The number of nitrogens with two attached hydrogens (primary N) is 1. The van der Waals surface area contributed by atoms with Gasteiger partial charge in [0.15, 0.2) is 0 Å². The van der Waals surface area contributed by atoms with Crippen molar-refractivity contribution in [3.8, 4) is 0 Å². The Hall–Kier alpha value is -1.18. The van der Waals surface area contributed by atoms with Crippen molar-refractivity contribution in [3.05, 3.63) is 24.0 Å². The molecule has 1 aromatic carbocycles. The Kier molecular flexibility index (Phi) is 3.55. The topological polar surface area (TPSA) is 75.4 Å². The zero-order valence-corrected chi connectivity index (χ0v) is 11.8. The second kappa shape index (κ2) is 4.73. The second-order valence-corrected chi connectivity index (χ2v) is 6.95. The maximum atomic E-state index is 14.0. The van der Waals surface area contributed by atoms with E-state index in [1.54, 1.807) is 0 Å². The third-order valence-corrected chi connectivity index (χ3v) is 4.07. The Morgan fingerprint density at radius 3 is 2.63 bits per heavy atom. The highest BCUT2D eigenvalue weighted by atomic mass is 32.2. The number of piperazine rings is 1. The maximum Gasteiger partial charge on any atom is 0.238 e. The lowest BCUT2D eigenvalue weighted by Crippen LogP contribution is -2.57. The van der Waals surface area contributed by atoms with Crippen LogP contribution in [0.5, 0.6) is 0 Å². The molecule has 0 saturated carbocycles. The first-order valence-electron chi connectivity index (χ1n) is 6.01. The summed E-state index contributed by atoms with van der Waals surface area (Å²) in [6.07, 6.45) is 0. The van der Waals surface area contributed by atoms with Crippen molar-refractivity contribution >= 4 is 15.7 Å². The molecule has 0 atom stereocenters. The number of anilines is 1. The van der Waals surface area contributed by atoms with E-state index in [4.69, 9.17) is 5.14 Å². The smallest absolute Gasteiger partial charge is 0.238 e. The Bertz CT molecular complexity index is 587. The van der Waals surface area contributed by atoms with Crippen LogP contribution in [-0.2, 0) is 10.0 Å². The first-order chi connectivity index (χ1) is 8.69. The lowest BCUT2D eigenvalue weighted by molar-refractivity contribution is 0.351. The minimum atomic E-state index is -3.87. The zero-order valence-electron chi connectivity index (χ0n) is 11.0. The van der Waals surface area contributed by atoms with E-state index < -0.39 is 15.8 Å². The molecule has 1 aliphatic heterocycles. The van der Waals surface area contributed by atoms with Crippen LogP contribution in [-0.4, -0.2) is 33.6 Å². The van der Waals surface area contributed by atoms with Gasteiger partial charge in [-0.25, -0.2) is 17.9 Å². The number of nitrogens with one attached hydrogen (secondary N) is 1. The molecule has 5 nitrogen and oxygen atoms in total. The van der Waals surface area contributed by atoms with Crippen LogP contribution in [0.4, 0.5) is 10.1 Å². The Morgan fingerprint density at radius 2 is 2.11 bits per heavy atom. The predicted molar refractivity (Wildman–Crippen MR) is 72.1 cm³/mol. The normalized spacial score (nSPS) is 19.5. The van der Waals surface area contributed by atoms with Crippen molar-refractivity contribution in [3.63, 3.8) is 0 Å². The first kappa shape index (κ1) is 14.2. The summed E-state index contributed by atoms with van der Waals surface area (Å²) in [4.78, 5) is 1.70. The van der Waals surface area contributed by atoms with Crippen LogP contribution in [0, 0.1) is 5.82 Å². The van der Waals surface area contributed by atoms with Gasteiger partial charge in [0.2, 0.25) is 10.0 Å². The maximum absolute atomic E-state index is 14.0. The molecular formula is C12H18FN3O2S. The van der Waals surface area contributed by atoms with Crippen molar-refractivity contribution in [2.24, 2.45) is 5.14 Å². The number of hydrogen-bond donors (Lipinski definition) is 2. The number of halogens is 1. The number of nitrogens with zero attached hydrogens (tertiary/aromatic N) is 1. The molecule has 0 aliphatic carbocycles. The number of benzene rings is 1. The van der Waals surface area contributed by atoms with Crippen LogP contribution < -0.4 is 15.4 Å². The van der Waals surface area contributed by atoms with Crippen molar-refractivity contribution in [2.45, 2.75) is 24.3 Å². The Balaban J connectivity index is 2.31. The van der Waals surface area contributed by atoms with Gasteiger partial charge in [-0.05, 0) is 32.0 Å². The van der Waals surface area contributed by atoms with Gasteiger partial charge in [0.25, 0.3) is 0 Å². The van der Waals surface area contributed by atoms with Crippen LogP contribution in [0.25, 0.3) is 0 Å². The highest BCUT2D eigenvalue weighted by Gasteiger charge is 2.27. The molecule has 0 aromatic heterocycles. The summed E-state index contributed by atoms with van der Waals surface area (Å²) in [5.41, 5.74) is 0.297. The molecule has 0 radical (unpaired) electrons. The van der Waals surface area contributed by atoms with E-state index in [2.05, 4.69) is 5.32 Å². The Labute approximate surface area is 112 Å². The van der Waals surface area contributed by atoms with Gasteiger partial charge in [-0.15, -0.1) is 0 Å². The molecule has 106 valence electrons. The van der Waals surface area contributed by atoms with Gasteiger partial charge in [-0.3, -0.25) is 0 Å². The second-order valence-electron chi connectivity index (χ2n) is 5.39. The third kappa shape index (κ3) is 3.23. The molecule has 0 unspecified atom stereocenters. The molecule has 3 N–H and O–H groups in total. The van der Waals surface area contributed by atoms with Gasteiger partial charge in [0.05, 0.1) is 10.6 Å². The molecule has 19 heavy (non-hydrogen) atoms. The predicted octanol–water partition coefficient (Wildman–Crippen LogP) is 0.661. The molecule has 0 spiro atoms. The van der Waals surface area contributed by atoms with Crippen molar-refractivity contribution in [1.29, 1.82) is 0 Å². The van der Waals surface area contributed by atoms with E-state index in [1.165, 1.54) is 12.1 Å². The van der Waals surface area contributed by atoms with E-state index in [9.17, 15) is 12.8 Å². The van der Waals surface area contributed by atoms with Crippen LogP contribution in [0.2, 0.25) is 0 Å². The average molecular weight is 287 g/mol. The van der Waals surface area contributed by atoms with E-state index in [-0.39, 0.29) is 10.4 Å². The monoisotopic (exact) mass is 287 g/mol. The molecule has 1 aromatic rings. The molecule has 7 heteroatoms. The van der Waals surface area contributed by atoms with Crippen molar-refractivity contribution < 1.29 is 12.8 Å². The molecule has 0 amide bonds. The zero-order chi connectivity index (χ0) is 14.3. The van der Waals surface area contributed by atoms with Gasteiger partial charge < -0.3 is 10.2 Å². The fourth-order valence-corrected chi connectivity index (χ4v) is 2.79. The first-order valence-corrected chi connectivity index (χ1v) is 7.56. The summed E-state index contributed by atoms with van der Waals surface area (Å²) in [6, 6.07) is 3.78. The fourth-order valence-electron chi connectivity index (χ4n) is 2.27. The SMILES string of the molecule is CC1(C)CN(c2ccc(S(N)(=O)=O)cc2F)CCN1. The highest BCUT2D eigenvalue weighted by Crippen LogP contribution is 2.25. The van der Waals surface area contributed by atoms with Crippen LogP contribution in [0.15, 0.2) is 23.1 Å². The minimum Gasteiger partial charge on any atom is -0.366 e. The van der Waals surface area contributed by atoms with Gasteiger partial charge in [-0.1, -0.05) is 0 Å². The standard InChI is InChI=1S/C12H18FN3O2S/c1-12(2)8-16(6-5-15-12)11-4-3-9(7-10(11)13)19(14,17)18/h3-4,7,15H,5-6,8H2,1-2H3,(H2,14,17,18). The van der Waals surface area contributed by atoms with Crippen LogP contribution in [0.3, 0.4) is 0 Å². The minimum absolute atomic E-state index is 0.108. The quantitative estimate of drug-likeness (QED) is 0.838. The van der Waals surface area contributed by atoms with E-state index in [1.807, 2.05) is 18.7 Å². The molecular weight excluding hydrogens is 269 g/mol. The number of hydrogen-bond acceptors (Lipinski definition) is 4. The van der Waals surface area contributed by atoms with Crippen molar-refractivity contribution in [2.75, 3.05) is 24.5 Å². The fraction of sp³-hybridized carbons (Fsp3) is 0.500. The third-order valence-electron chi connectivity index (χ3n) is 3.16. The summed E-state index contributed by atoms with van der Waals surface area (Å²) in [7, 11) is -3.87. The van der Waals surface area contributed by atoms with E-state index in [0.29, 0.717) is 18.8 Å². The lowest BCUT2D eigenvalue weighted by atomic mass is 10.0. The summed E-state index contributed by atoms with van der Waals surface area (Å²) in [5.74, 6) is -0.566. The molecule has 1 aliphatic rings. The van der Waals surface area contributed by atoms with Gasteiger partial charge in [-0.2, -0.15) is 0 Å².